The van der Waals surface area contributed by atoms with Crippen LogP contribution in [0.2, 0.25) is 5.02 Å². The highest BCUT2D eigenvalue weighted by Gasteiger charge is 2.43. The highest BCUT2D eigenvalue weighted by molar-refractivity contribution is 6.34. The third-order valence-electron chi connectivity index (χ3n) is 5.68. The second-order valence-electron chi connectivity index (χ2n) is 7.38. The number of halogens is 1. The topological polar surface area (TPSA) is 58.6 Å². The number of piperidine rings is 1. The van der Waals surface area contributed by atoms with Crippen LogP contribution in [-0.2, 0) is 9.53 Å². The van der Waals surface area contributed by atoms with Gasteiger partial charge in [-0.05, 0) is 56.7 Å². The fourth-order valence-corrected chi connectivity index (χ4v) is 3.94. The first-order valence-electron chi connectivity index (χ1n) is 9.45. The number of benzene rings is 1. The zero-order chi connectivity index (χ0) is 18.6. The van der Waals surface area contributed by atoms with Crippen LogP contribution in [-0.4, -0.2) is 43.5 Å². The van der Waals surface area contributed by atoms with E-state index in [-0.39, 0.29) is 17.2 Å². The number of carbonyl (C=O) groups excluding carboxylic acids is 2. The molecular formula is C20H27ClN2O3. The molecule has 2 amide bonds. The van der Waals surface area contributed by atoms with Gasteiger partial charge in [-0.1, -0.05) is 18.0 Å². The van der Waals surface area contributed by atoms with Crippen molar-refractivity contribution in [1.82, 2.24) is 4.90 Å². The molecule has 0 radical (unpaired) electrons. The molecule has 3 rings (SSSR count). The lowest BCUT2D eigenvalue weighted by Crippen LogP contribution is -2.43. The average Bonchev–Trinajstić information content (AvgIpc) is 2.63. The van der Waals surface area contributed by atoms with E-state index < -0.39 is 0 Å². The van der Waals surface area contributed by atoms with Gasteiger partial charge in [-0.2, -0.15) is 0 Å². The first-order valence-corrected chi connectivity index (χ1v) is 9.83. The van der Waals surface area contributed by atoms with Crippen LogP contribution in [0, 0.1) is 5.41 Å². The largest absolute Gasteiger partial charge is 0.385 e. The van der Waals surface area contributed by atoms with Gasteiger partial charge < -0.3 is 15.0 Å². The molecule has 2 fully saturated rings. The van der Waals surface area contributed by atoms with Gasteiger partial charge in [0.15, 0.2) is 0 Å². The van der Waals surface area contributed by atoms with E-state index in [2.05, 4.69) is 5.32 Å². The summed E-state index contributed by atoms with van der Waals surface area (Å²) in [5.41, 5.74) is 0.723. The monoisotopic (exact) mass is 378 g/mol. The van der Waals surface area contributed by atoms with Crippen LogP contribution in [0.25, 0.3) is 0 Å². The Balaban J connectivity index is 1.73. The molecule has 1 saturated carbocycles. The number of anilines is 1. The molecule has 2 aliphatic rings. The molecule has 1 aliphatic heterocycles. The normalized spacial score (nSPS) is 18.9. The smallest absolute Gasteiger partial charge is 0.253 e. The number of hydrogen-bond acceptors (Lipinski definition) is 3. The van der Waals surface area contributed by atoms with E-state index in [4.69, 9.17) is 16.3 Å². The van der Waals surface area contributed by atoms with Crippen molar-refractivity contribution >= 4 is 29.1 Å². The maximum absolute atomic E-state index is 12.8. The Morgan fingerprint density at radius 2 is 1.92 bits per heavy atom. The van der Waals surface area contributed by atoms with Gasteiger partial charge in [0.25, 0.3) is 5.91 Å². The molecule has 0 unspecified atom stereocenters. The zero-order valence-electron chi connectivity index (χ0n) is 15.4. The van der Waals surface area contributed by atoms with Crippen LogP contribution < -0.4 is 5.32 Å². The van der Waals surface area contributed by atoms with Crippen molar-refractivity contribution < 1.29 is 14.3 Å². The number of nitrogens with zero attached hydrogens (tertiary/aromatic N) is 1. The number of rotatable bonds is 6. The molecule has 5 nitrogen and oxygen atoms in total. The van der Waals surface area contributed by atoms with Crippen molar-refractivity contribution in [2.75, 3.05) is 32.1 Å². The van der Waals surface area contributed by atoms with Crippen molar-refractivity contribution in [2.24, 2.45) is 5.41 Å². The number of ether oxygens (including phenoxy) is 1. The average molecular weight is 379 g/mol. The number of methoxy groups -OCH3 is 1. The number of carbonyl (C=O) groups is 2. The van der Waals surface area contributed by atoms with Crippen LogP contribution in [0.1, 0.15) is 55.3 Å². The molecule has 1 heterocycles. The van der Waals surface area contributed by atoms with E-state index in [9.17, 15) is 9.59 Å². The lowest BCUT2D eigenvalue weighted by molar-refractivity contribution is -0.131. The van der Waals surface area contributed by atoms with Gasteiger partial charge in [-0.3, -0.25) is 9.59 Å². The third kappa shape index (κ3) is 4.04. The van der Waals surface area contributed by atoms with Crippen molar-refractivity contribution in [3.63, 3.8) is 0 Å². The molecule has 142 valence electrons. The van der Waals surface area contributed by atoms with Crippen LogP contribution >= 0.6 is 11.6 Å². The Morgan fingerprint density at radius 3 is 2.54 bits per heavy atom. The Labute approximate surface area is 160 Å². The van der Waals surface area contributed by atoms with Gasteiger partial charge in [0.1, 0.15) is 0 Å². The van der Waals surface area contributed by atoms with E-state index >= 15 is 0 Å². The van der Waals surface area contributed by atoms with E-state index in [1.54, 1.807) is 25.3 Å². The van der Waals surface area contributed by atoms with E-state index in [0.717, 1.165) is 45.2 Å². The Bertz CT molecular complexity index is 667. The van der Waals surface area contributed by atoms with E-state index in [0.29, 0.717) is 29.3 Å². The highest BCUT2D eigenvalue weighted by Crippen LogP contribution is 2.45. The molecule has 26 heavy (non-hydrogen) atoms. The van der Waals surface area contributed by atoms with Crippen LogP contribution in [0.3, 0.4) is 0 Å². The molecule has 1 N–H and O–H groups in total. The van der Waals surface area contributed by atoms with E-state index in [1.165, 1.54) is 6.42 Å². The molecule has 1 aliphatic carbocycles. The van der Waals surface area contributed by atoms with Crippen LogP contribution in [0.5, 0.6) is 0 Å². The molecule has 0 atom stereocenters. The van der Waals surface area contributed by atoms with Crippen LogP contribution in [0.4, 0.5) is 5.69 Å². The van der Waals surface area contributed by atoms with Gasteiger partial charge >= 0.3 is 0 Å². The predicted octanol–water partition coefficient (Wildman–Crippen LogP) is 4.11. The van der Waals surface area contributed by atoms with Gasteiger partial charge in [-0.25, -0.2) is 0 Å². The summed E-state index contributed by atoms with van der Waals surface area (Å²) in [4.78, 5) is 27.4. The van der Waals surface area contributed by atoms with Gasteiger partial charge in [0, 0.05) is 32.4 Å². The lowest BCUT2D eigenvalue weighted by Gasteiger charge is -2.40. The van der Waals surface area contributed by atoms with Gasteiger partial charge in [0.05, 0.1) is 16.1 Å². The molecule has 0 aromatic heterocycles. The minimum absolute atomic E-state index is 0.00889. The number of hydrogen-bond donors (Lipinski definition) is 1. The zero-order valence-corrected chi connectivity index (χ0v) is 16.1. The van der Waals surface area contributed by atoms with Gasteiger partial charge in [0.2, 0.25) is 5.91 Å². The van der Waals surface area contributed by atoms with Crippen LogP contribution in [0.15, 0.2) is 18.2 Å². The minimum Gasteiger partial charge on any atom is -0.385 e. The van der Waals surface area contributed by atoms with Gasteiger partial charge in [-0.15, -0.1) is 0 Å². The summed E-state index contributed by atoms with van der Waals surface area (Å²) in [5, 5.41) is 3.42. The highest BCUT2D eigenvalue weighted by atomic mass is 35.5. The van der Waals surface area contributed by atoms with Crippen molar-refractivity contribution in [2.45, 2.75) is 44.9 Å². The SMILES string of the molecule is COCCC1(C(=O)Nc2cc(C(=O)N3CCCCC3)ccc2Cl)CCC1. The summed E-state index contributed by atoms with van der Waals surface area (Å²) < 4.78 is 5.16. The summed E-state index contributed by atoms with van der Waals surface area (Å²) in [6.07, 6.45) is 6.77. The lowest BCUT2D eigenvalue weighted by atomic mass is 9.66. The van der Waals surface area contributed by atoms with Crippen molar-refractivity contribution in [1.29, 1.82) is 0 Å². The minimum atomic E-state index is -0.369. The molecule has 0 bridgehead atoms. The summed E-state index contributed by atoms with van der Waals surface area (Å²) in [6.45, 7) is 2.15. The third-order valence-corrected chi connectivity index (χ3v) is 6.01. The molecule has 6 heteroatoms. The maximum atomic E-state index is 12.8. The molecule has 1 saturated heterocycles. The summed E-state index contributed by atoms with van der Waals surface area (Å²) in [6, 6.07) is 5.13. The Morgan fingerprint density at radius 1 is 1.19 bits per heavy atom. The molecular weight excluding hydrogens is 352 g/mol. The summed E-state index contributed by atoms with van der Waals surface area (Å²) >= 11 is 6.28. The second-order valence-corrected chi connectivity index (χ2v) is 7.79. The first-order chi connectivity index (χ1) is 12.6. The standard InChI is InChI=1S/C20H27ClN2O3/c1-26-13-10-20(8-5-9-20)19(25)22-17-14-15(6-7-16(17)21)18(24)23-11-3-2-4-12-23/h6-7,14H,2-5,8-13H2,1H3,(H,22,25). The quantitative estimate of drug-likeness (QED) is 0.810. The predicted molar refractivity (Wildman–Crippen MR) is 103 cm³/mol. The summed E-state index contributed by atoms with van der Waals surface area (Å²) in [7, 11) is 1.65. The number of likely N-dealkylation sites (tertiary alicyclic amines) is 1. The second kappa shape index (κ2) is 8.40. The number of nitrogens with one attached hydrogen (secondary N) is 1. The molecule has 0 spiro atoms. The molecule has 1 aromatic carbocycles. The Kier molecular flexibility index (Phi) is 6.20. The maximum Gasteiger partial charge on any atom is 0.253 e. The Hall–Kier alpha value is -1.59. The summed E-state index contributed by atoms with van der Waals surface area (Å²) in [5.74, 6) is -0.0140. The molecule has 1 aromatic rings. The fourth-order valence-electron chi connectivity index (χ4n) is 3.78. The van der Waals surface area contributed by atoms with Crippen molar-refractivity contribution in [3.8, 4) is 0 Å². The first kappa shape index (κ1) is 19.2. The fraction of sp³-hybridized carbons (Fsp3) is 0.600. The van der Waals surface area contributed by atoms with E-state index in [1.807, 2.05) is 4.90 Å². The number of amides is 2. The van der Waals surface area contributed by atoms with Crippen molar-refractivity contribution in [3.05, 3.63) is 28.8 Å².